The van der Waals surface area contributed by atoms with Crippen molar-refractivity contribution in [3.05, 3.63) is 59.7 Å². The lowest BCUT2D eigenvalue weighted by Crippen LogP contribution is -2.41. The molecule has 0 heterocycles. The van der Waals surface area contributed by atoms with Gasteiger partial charge in [-0.15, -0.1) is 0 Å². The number of benzene rings is 2. The second-order valence-electron chi connectivity index (χ2n) is 6.70. The number of hydrogen-bond donors (Lipinski definition) is 4. The molecule has 2 rings (SSSR count). The molecule has 178 valence electrons. The van der Waals surface area contributed by atoms with Gasteiger partial charge in [-0.2, -0.15) is 18.4 Å². The molecule has 10 nitrogen and oxygen atoms in total. The highest BCUT2D eigenvalue weighted by Gasteiger charge is 2.42. The van der Waals surface area contributed by atoms with Crippen LogP contribution in [0.3, 0.4) is 0 Å². The van der Waals surface area contributed by atoms with Crippen LogP contribution in [0.4, 0.5) is 18.9 Å². The number of nitrogens with one attached hydrogen (secondary N) is 3. The zero-order chi connectivity index (χ0) is 25.3. The highest BCUT2D eigenvalue weighted by Crippen LogP contribution is 2.18. The number of guanidine groups is 1. The van der Waals surface area contributed by atoms with E-state index in [1.54, 1.807) is 0 Å². The molecule has 0 radical (unpaired) electrons. The average molecular weight is 477 g/mol. The van der Waals surface area contributed by atoms with Gasteiger partial charge in [0.05, 0.1) is 24.1 Å². The van der Waals surface area contributed by atoms with E-state index >= 15 is 0 Å². The lowest BCUT2D eigenvalue weighted by atomic mass is 10.1. The number of esters is 2. The third kappa shape index (κ3) is 8.15. The Morgan fingerprint density at radius 3 is 2.41 bits per heavy atom. The summed E-state index contributed by atoms with van der Waals surface area (Å²) < 4.78 is 46.3. The van der Waals surface area contributed by atoms with E-state index in [1.807, 2.05) is 6.07 Å². The lowest BCUT2D eigenvalue weighted by Gasteiger charge is -2.19. The maximum Gasteiger partial charge on any atom is 0.491 e. The number of anilines is 1. The molecule has 1 amide bonds. The van der Waals surface area contributed by atoms with E-state index < -0.39 is 36.5 Å². The number of halogens is 3. The zero-order valence-corrected chi connectivity index (χ0v) is 17.3. The maximum absolute atomic E-state index is 12.6. The predicted molar refractivity (Wildman–Crippen MR) is 112 cm³/mol. The minimum absolute atomic E-state index is 0.116. The van der Waals surface area contributed by atoms with Crippen molar-refractivity contribution < 1.29 is 37.0 Å². The van der Waals surface area contributed by atoms with E-state index in [0.717, 1.165) is 0 Å². The lowest BCUT2D eigenvalue weighted by molar-refractivity contribution is -0.202. The van der Waals surface area contributed by atoms with E-state index in [9.17, 15) is 27.6 Å². The van der Waals surface area contributed by atoms with Gasteiger partial charge in [0.15, 0.2) is 5.96 Å². The Bertz CT molecular complexity index is 1110. The van der Waals surface area contributed by atoms with E-state index in [4.69, 9.17) is 21.1 Å². The van der Waals surface area contributed by atoms with E-state index in [1.165, 1.54) is 48.5 Å². The van der Waals surface area contributed by atoms with Crippen molar-refractivity contribution in [1.82, 2.24) is 5.32 Å². The van der Waals surface area contributed by atoms with Crippen LogP contribution in [-0.2, 0) is 14.3 Å². The Morgan fingerprint density at radius 1 is 1.15 bits per heavy atom. The van der Waals surface area contributed by atoms with Crippen molar-refractivity contribution in [1.29, 1.82) is 10.7 Å². The molecule has 1 atom stereocenters. The molecule has 0 saturated carbocycles. The first-order chi connectivity index (χ1) is 16.0. The number of nitriles is 1. The van der Waals surface area contributed by atoms with Gasteiger partial charge in [0.2, 0.25) is 0 Å². The maximum atomic E-state index is 12.6. The predicted octanol–water partition coefficient (Wildman–Crippen LogP) is 2.06. The van der Waals surface area contributed by atoms with Crippen molar-refractivity contribution in [3.63, 3.8) is 0 Å². The first kappa shape index (κ1) is 25.7. The van der Waals surface area contributed by atoms with Gasteiger partial charge in [-0.05, 0) is 42.5 Å². The quantitative estimate of drug-likeness (QED) is 0.194. The summed E-state index contributed by atoms with van der Waals surface area (Å²) in [7, 11) is 0. The Kier molecular flexibility index (Phi) is 8.54. The molecule has 0 fully saturated rings. The minimum Gasteiger partial charge on any atom is -0.491 e. The normalized spacial score (nSPS) is 11.5. The zero-order valence-electron chi connectivity index (χ0n) is 17.3. The summed E-state index contributed by atoms with van der Waals surface area (Å²) in [5.41, 5.74) is 6.03. The molecule has 2 aromatic rings. The first-order valence-corrected chi connectivity index (χ1v) is 9.44. The van der Waals surface area contributed by atoms with E-state index in [0.29, 0.717) is 5.69 Å². The molecule has 0 saturated heterocycles. The number of alkyl halides is 3. The van der Waals surface area contributed by atoms with Crippen molar-refractivity contribution in [2.24, 2.45) is 5.73 Å². The van der Waals surface area contributed by atoms with Crippen molar-refractivity contribution in [2.45, 2.75) is 18.6 Å². The topological polar surface area (TPSA) is 167 Å². The highest BCUT2D eigenvalue weighted by molar-refractivity contribution is 5.96. The number of nitrogens with zero attached hydrogens (tertiary/aromatic N) is 1. The fourth-order valence-corrected chi connectivity index (χ4v) is 2.54. The van der Waals surface area contributed by atoms with Gasteiger partial charge in [-0.25, -0.2) is 4.79 Å². The highest BCUT2D eigenvalue weighted by atomic mass is 19.4. The fraction of sp³-hybridized carbons (Fsp3) is 0.190. The van der Waals surface area contributed by atoms with Gasteiger partial charge < -0.3 is 25.8 Å². The fourth-order valence-electron chi connectivity index (χ4n) is 2.54. The Labute approximate surface area is 190 Å². The SMILES string of the molecule is N#Cc1cccc(OC[C@@H](CC(=O)OC(=O)C(F)(F)F)NC(=O)c2ccc(NC(=N)N)cc2)c1. The number of rotatable bonds is 8. The molecular weight excluding hydrogens is 459 g/mol. The molecule has 5 N–H and O–H groups in total. The number of amides is 1. The number of carbonyl (C=O) groups is 3. The summed E-state index contributed by atoms with van der Waals surface area (Å²) in [6.45, 7) is -0.389. The van der Waals surface area contributed by atoms with Gasteiger partial charge in [0, 0.05) is 11.3 Å². The molecule has 34 heavy (non-hydrogen) atoms. The number of carbonyl (C=O) groups excluding carboxylic acids is 3. The number of ether oxygens (including phenoxy) is 2. The van der Waals surface area contributed by atoms with Crippen LogP contribution in [0.15, 0.2) is 48.5 Å². The summed E-state index contributed by atoms with van der Waals surface area (Å²) in [6, 6.07) is 12.3. The standard InChI is InChI=1S/C21H18F3N5O5/c22-21(23,24)19(32)34-17(30)9-15(11-33-16-3-1-2-12(8-16)10-25)28-18(31)13-4-6-14(7-5-13)29-20(26)27/h1-8,15H,9,11H2,(H,28,31)(H4,26,27,29)/t15-/m1/s1. The van der Waals surface area contributed by atoms with Crippen LogP contribution in [0.1, 0.15) is 22.3 Å². The molecule has 0 aliphatic heterocycles. The van der Waals surface area contributed by atoms with Gasteiger partial charge in [0.1, 0.15) is 12.4 Å². The monoisotopic (exact) mass is 477 g/mol. The van der Waals surface area contributed by atoms with Crippen LogP contribution in [0.2, 0.25) is 0 Å². The Balaban J connectivity index is 2.12. The Hall–Kier alpha value is -4.60. The molecular formula is C21H18F3N5O5. The molecule has 0 aliphatic carbocycles. The van der Waals surface area contributed by atoms with Crippen molar-refractivity contribution in [3.8, 4) is 11.8 Å². The first-order valence-electron chi connectivity index (χ1n) is 9.44. The van der Waals surface area contributed by atoms with Gasteiger partial charge in [-0.3, -0.25) is 15.0 Å². The molecule has 13 heteroatoms. The Morgan fingerprint density at radius 2 is 1.82 bits per heavy atom. The third-order valence-corrected chi connectivity index (χ3v) is 4.03. The summed E-state index contributed by atoms with van der Waals surface area (Å²) in [5, 5.41) is 21.1. The summed E-state index contributed by atoms with van der Waals surface area (Å²) in [4.78, 5) is 35.3. The van der Waals surface area contributed by atoms with Crippen molar-refractivity contribution in [2.75, 3.05) is 11.9 Å². The van der Waals surface area contributed by atoms with Crippen LogP contribution in [-0.4, -0.2) is 42.6 Å². The van der Waals surface area contributed by atoms with Crippen LogP contribution in [0.5, 0.6) is 5.75 Å². The van der Waals surface area contributed by atoms with Crippen molar-refractivity contribution >= 4 is 29.5 Å². The van der Waals surface area contributed by atoms with Gasteiger partial charge in [-0.1, -0.05) is 6.07 Å². The van der Waals surface area contributed by atoms with Gasteiger partial charge >= 0.3 is 18.1 Å². The van der Waals surface area contributed by atoms with E-state index in [2.05, 4.69) is 15.4 Å². The van der Waals surface area contributed by atoms with Crippen LogP contribution in [0, 0.1) is 16.7 Å². The average Bonchev–Trinajstić information content (AvgIpc) is 2.77. The van der Waals surface area contributed by atoms with E-state index in [-0.39, 0.29) is 29.4 Å². The number of hydrogen-bond acceptors (Lipinski definition) is 7. The second-order valence-corrected chi connectivity index (χ2v) is 6.70. The van der Waals surface area contributed by atoms with Gasteiger partial charge in [0.25, 0.3) is 5.91 Å². The number of nitrogens with two attached hydrogens (primary N) is 1. The molecule has 0 unspecified atom stereocenters. The minimum atomic E-state index is -5.36. The second kappa shape index (κ2) is 11.3. The molecule has 0 aliphatic rings. The van der Waals surface area contributed by atoms with Crippen LogP contribution < -0.4 is 21.1 Å². The third-order valence-electron chi connectivity index (χ3n) is 4.03. The summed E-state index contributed by atoms with van der Waals surface area (Å²) >= 11 is 0. The summed E-state index contributed by atoms with van der Waals surface area (Å²) in [5.74, 6) is -5.02. The van der Waals surface area contributed by atoms with Crippen LogP contribution >= 0.6 is 0 Å². The molecule has 2 aromatic carbocycles. The largest absolute Gasteiger partial charge is 0.491 e. The smallest absolute Gasteiger partial charge is 0.491 e. The van der Waals surface area contributed by atoms with Crippen LogP contribution in [0.25, 0.3) is 0 Å². The molecule has 0 bridgehead atoms. The molecule has 0 aromatic heterocycles. The molecule has 0 spiro atoms. The summed E-state index contributed by atoms with van der Waals surface area (Å²) in [6.07, 6.45) is -6.17.